The monoisotopic (exact) mass is 189 g/mol. The van der Waals surface area contributed by atoms with Gasteiger partial charge in [0.15, 0.2) is 0 Å². The van der Waals surface area contributed by atoms with Crippen LogP contribution in [0.15, 0.2) is 18.3 Å². The van der Waals surface area contributed by atoms with Crippen molar-refractivity contribution < 1.29 is 0 Å². The van der Waals surface area contributed by atoms with Crippen LogP contribution < -0.4 is 5.73 Å². The summed E-state index contributed by atoms with van der Waals surface area (Å²) in [5.74, 6) is 0. The minimum atomic E-state index is 0.589. The van der Waals surface area contributed by atoms with Crippen LogP contribution in [0.4, 0.5) is 0 Å². The zero-order chi connectivity index (χ0) is 10.1. The van der Waals surface area contributed by atoms with Crippen LogP contribution in [0.5, 0.6) is 0 Å². The Hall–Kier alpha value is -1.35. The molecule has 3 heteroatoms. The van der Waals surface area contributed by atoms with E-state index in [-0.39, 0.29) is 0 Å². The molecule has 0 aliphatic heterocycles. The third-order valence-corrected chi connectivity index (χ3v) is 2.72. The molecule has 2 aromatic rings. The van der Waals surface area contributed by atoms with Crippen molar-refractivity contribution in [3.05, 3.63) is 29.6 Å². The van der Waals surface area contributed by atoms with Crippen LogP contribution in [0.2, 0.25) is 0 Å². The van der Waals surface area contributed by atoms with Crippen molar-refractivity contribution in [3.8, 4) is 0 Å². The molecule has 2 heterocycles. The molecule has 74 valence electrons. The van der Waals surface area contributed by atoms with Gasteiger partial charge < -0.3 is 10.3 Å². The van der Waals surface area contributed by atoms with E-state index in [9.17, 15) is 0 Å². The van der Waals surface area contributed by atoms with Gasteiger partial charge in [-0.3, -0.25) is 0 Å². The first-order chi connectivity index (χ1) is 6.79. The molecule has 2 N–H and O–H groups in total. The number of pyridine rings is 1. The van der Waals surface area contributed by atoms with Crippen LogP contribution in [-0.4, -0.2) is 9.55 Å². The zero-order valence-electron chi connectivity index (χ0n) is 8.62. The van der Waals surface area contributed by atoms with Crippen molar-refractivity contribution in [1.29, 1.82) is 0 Å². The summed E-state index contributed by atoms with van der Waals surface area (Å²) in [4.78, 5) is 4.37. The van der Waals surface area contributed by atoms with E-state index in [1.807, 2.05) is 19.3 Å². The molecule has 0 saturated heterocycles. The van der Waals surface area contributed by atoms with Crippen LogP contribution in [0.1, 0.15) is 18.2 Å². The lowest BCUT2D eigenvalue weighted by Crippen LogP contribution is -2.02. The molecule has 0 saturated carbocycles. The lowest BCUT2D eigenvalue weighted by atomic mass is 10.1. The molecule has 3 nitrogen and oxygen atoms in total. The molecule has 0 bridgehead atoms. The maximum absolute atomic E-state index is 5.76. The lowest BCUT2D eigenvalue weighted by molar-refractivity contribution is 0.834. The van der Waals surface area contributed by atoms with Gasteiger partial charge >= 0.3 is 0 Å². The number of aromatic nitrogens is 2. The molecular formula is C11H15N3. The quantitative estimate of drug-likeness (QED) is 0.779. The molecule has 0 fully saturated rings. The molecule has 0 aliphatic rings. The minimum Gasteiger partial charge on any atom is -0.332 e. The number of nitrogens with two attached hydrogens (primary N) is 1. The van der Waals surface area contributed by atoms with E-state index in [0.717, 1.165) is 12.1 Å². The first kappa shape index (κ1) is 9.21. The Kier molecular flexibility index (Phi) is 2.25. The first-order valence-electron chi connectivity index (χ1n) is 4.90. The van der Waals surface area contributed by atoms with E-state index in [0.29, 0.717) is 6.54 Å². The molecule has 0 unspecified atom stereocenters. The van der Waals surface area contributed by atoms with Gasteiger partial charge in [0.25, 0.3) is 0 Å². The van der Waals surface area contributed by atoms with Crippen LogP contribution in [-0.2, 0) is 20.0 Å². The van der Waals surface area contributed by atoms with Crippen molar-refractivity contribution in [3.63, 3.8) is 0 Å². The van der Waals surface area contributed by atoms with E-state index in [1.54, 1.807) is 0 Å². The van der Waals surface area contributed by atoms with Crippen LogP contribution in [0, 0.1) is 0 Å². The highest BCUT2D eigenvalue weighted by Gasteiger charge is 2.12. The highest BCUT2D eigenvalue weighted by molar-refractivity contribution is 5.82. The maximum Gasteiger partial charge on any atom is 0.140 e. The minimum absolute atomic E-state index is 0.589. The van der Waals surface area contributed by atoms with Gasteiger partial charge in [-0.15, -0.1) is 0 Å². The van der Waals surface area contributed by atoms with Crippen molar-refractivity contribution in [2.45, 2.75) is 19.9 Å². The van der Waals surface area contributed by atoms with E-state index < -0.39 is 0 Å². The standard InChI is InChI=1S/C11H15N3/c1-3-10-9(7-12)8-5-4-6-13-11(8)14(10)2/h4-6H,3,7,12H2,1-2H3. The van der Waals surface area contributed by atoms with Crippen LogP contribution in [0.3, 0.4) is 0 Å². The summed E-state index contributed by atoms with van der Waals surface area (Å²) in [5, 5.41) is 1.19. The fraction of sp³-hybridized carbons (Fsp3) is 0.364. The summed E-state index contributed by atoms with van der Waals surface area (Å²) in [5.41, 5.74) is 9.32. The highest BCUT2D eigenvalue weighted by Crippen LogP contribution is 2.23. The predicted octanol–water partition coefficient (Wildman–Crippen LogP) is 1.59. The number of fused-ring (bicyclic) bond motifs is 1. The summed E-state index contributed by atoms with van der Waals surface area (Å²) in [7, 11) is 2.05. The molecule has 2 rings (SSSR count). The average Bonchev–Trinajstić information content (AvgIpc) is 2.51. The smallest absolute Gasteiger partial charge is 0.140 e. The average molecular weight is 189 g/mol. The van der Waals surface area contributed by atoms with Gasteiger partial charge in [0.05, 0.1) is 0 Å². The fourth-order valence-electron chi connectivity index (χ4n) is 2.06. The Morgan fingerprint density at radius 1 is 1.50 bits per heavy atom. The van der Waals surface area contributed by atoms with E-state index in [1.165, 1.54) is 16.6 Å². The number of rotatable bonds is 2. The van der Waals surface area contributed by atoms with Gasteiger partial charge in [-0.2, -0.15) is 0 Å². The van der Waals surface area contributed by atoms with Crippen LogP contribution >= 0.6 is 0 Å². The topological polar surface area (TPSA) is 43.8 Å². The van der Waals surface area contributed by atoms with Gasteiger partial charge in [0.1, 0.15) is 5.65 Å². The van der Waals surface area contributed by atoms with Crippen molar-refractivity contribution in [2.75, 3.05) is 0 Å². The molecule has 0 amide bonds. The van der Waals surface area contributed by atoms with E-state index in [2.05, 4.69) is 22.5 Å². The van der Waals surface area contributed by atoms with Gasteiger partial charge in [0, 0.05) is 30.9 Å². The Labute approximate surface area is 83.6 Å². The largest absolute Gasteiger partial charge is 0.332 e. The molecule has 0 aliphatic carbocycles. The maximum atomic E-state index is 5.76. The summed E-state index contributed by atoms with van der Waals surface area (Å²) >= 11 is 0. The molecular weight excluding hydrogens is 174 g/mol. The van der Waals surface area contributed by atoms with Gasteiger partial charge in [-0.1, -0.05) is 6.92 Å². The Morgan fingerprint density at radius 2 is 2.29 bits per heavy atom. The van der Waals surface area contributed by atoms with E-state index in [4.69, 9.17) is 5.73 Å². The Balaban J connectivity index is 2.84. The number of aryl methyl sites for hydroxylation is 1. The SMILES string of the molecule is CCc1c(CN)c2cccnc2n1C. The molecule has 0 aromatic carbocycles. The van der Waals surface area contributed by atoms with Crippen molar-refractivity contribution >= 4 is 11.0 Å². The Morgan fingerprint density at radius 3 is 2.93 bits per heavy atom. The number of nitrogens with zero attached hydrogens (tertiary/aromatic N) is 2. The van der Waals surface area contributed by atoms with Gasteiger partial charge in [-0.05, 0) is 24.1 Å². The second-order valence-corrected chi connectivity index (χ2v) is 3.42. The normalized spacial score (nSPS) is 11.1. The lowest BCUT2D eigenvalue weighted by Gasteiger charge is -2.01. The van der Waals surface area contributed by atoms with Crippen molar-refractivity contribution in [1.82, 2.24) is 9.55 Å². The molecule has 14 heavy (non-hydrogen) atoms. The van der Waals surface area contributed by atoms with E-state index >= 15 is 0 Å². The number of hydrogen-bond acceptors (Lipinski definition) is 2. The second kappa shape index (κ2) is 3.42. The summed E-state index contributed by atoms with van der Waals surface area (Å²) < 4.78 is 2.14. The summed E-state index contributed by atoms with van der Waals surface area (Å²) in [6, 6.07) is 4.05. The third kappa shape index (κ3) is 1.13. The predicted molar refractivity (Wildman–Crippen MR) is 58.0 cm³/mol. The second-order valence-electron chi connectivity index (χ2n) is 3.42. The summed E-state index contributed by atoms with van der Waals surface area (Å²) in [6.45, 7) is 2.74. The van der Waals surface area contributed by atoms with Crippen molar-refractivity contribution in [2.24, 2.45) is 12.8 Å². The first-order valence-corrected chi connectivity index (χ1v) is 4.90. The molecule has 0 atom stereocenters. The third-order valence-electron chi connectivity index (χ3n) is 2.72. The Bertz CT molecular complexity index is 457. The number of hydrogen-bond donors (Lipinski definition) is 1. The molecule has 2 aromatic heterocycles. The van der Waals surface area contributed by atoms with Crippen LogP contribution in [0.25, 0.3) is 11.0 Å². The summed E-state index contributed by atoms with van der Waals surface area (Å²) in [6.07, 6.45) is 2.82. The molecule has 0 radical (unpaired) electrons. The van der Waals surface area contributed by atoms with Gasteiger partial charge in [0.2, 0.25) is 0 Å². The highest BCUT2D eigenvalue weighted by atomic mass is 15.0. The fourth-order valence-corrected chi connectivity index (χ4v) is 2.06. The zero-order valence-corrected chi connectivity index (χ0v) is 8.62. The van der Waals surface area contributed by atoms with Gasteiger partial charge in [-0.25, -0.2) is 4.98 Å². The molecule has 0 spiro atoms.